The Labute approximate surface area is 343 Å². The van der Waals surface area contributed by atoms with Gasteiger partial charge in [-0.25, -0.2) is 4.98 Å². The molecule has 0 saturated heterocycles. The molecule has 13 heteroatoms. The van der Waals surface area contributed by atoms with Crippen LogP contribution in [-0.4, -0.2) is 55.0 Å². The summed E-state index contributed by atoms with van der Waals surface area (Å²) in [7, 11) is 3.14. The summed E-state index contributed by atoms with van der Waals surface area (Å²) in [6.07, 6.45) is 5.28. The molecule has 8 N–H and O–H groups in total. The standard InChI is InChI=1S/C22H23N3O2S.C21H23NO3.CH4N2S/c1-27-18-10-6-5-9-16(18)20(26)24-14-22(15-7-3-2-4-8-15)12-11-17-19(13-22)28-21(23)25-17;1-25-19-10-6-5-9-18(19)20(24)22-15-21(13-11-17(23)12-14-21)16-7-3-2-4-8-16;2-1(3)4/h2-10H,11-14H2,1H3,(H2,23,25)(H,24,26);2-10H,11-15H2,1H3,(H,22,24);(H4,2,3,4). The van der Waals surface area contributed by atoms with E-state index >= 15 is 0 Å². The number of para-hydroxylation sites is 2. The Morgan fingerprint density at radius 2 is 1.12 bits per heavy atom. The number of carbonyl (C=O) groups excluding carboxylic acids is 3. The lowest BCUT2D eigenvalue weighted by molar-refractivity contribution is -0.121. The van der Waals surface area contributed by atoms with Gasteiger partial charge in [-0.1, -0.05) is 84.9 Å². The molecule has 0 radical (unpaired) electrons. The van der Waals surface area contributed by atoms with Crippen LogP contribution in [0.2, 0.25) is 0 Å². The molecule has 2 aliphatic carbocycles. The molecule has 4 aromatic carbocycles. The Morgan fingerprint density at radius 1 is 0.702 bits per heavy atom. The number of amides is 2. The smallest absolute Gasteiger partial charge is 0.255 e. The van der Waals surface area contributed by atoms with Gasteiger partial charge in [-0.05, 0) is 79.7 Å². The van der Waals surface area contributed by atoms with Gasteiger partial charge in [0.2, 0.25) is 0 Å². The van der Waals surface area contributed by atoms with E-state index in [9.17, 15) is 14.4 Å². The van der Waals surface area contributed by atoms with E-state index in [1.807, 2.05) is 48.5 Å². The summed E-state index contributed by atoms with van der Waals surface area (Å²) in [4.78, 5) is 42.9. The van der Waals surface area contributed by atoms with Crippen LogP contribution in [-0.2, 0) is 28.5 Å². The molecule has 1 saturated carbocycles. The van der Waals surface area contributed by atoms with E-state index in [1.54, 1.807) is 49.8 Å². The lowest BCUT2D eigenvalue weighted by atomic mass is 9.69. The van der Waals surface area contributed by atoms with Crippen LogP contribution in [0.5, 0.6) is 11.5 Å². The summed E-state index contributed by atoms with van der Waals surface area (Å²) in [5.74, 6) is 1.18. The Hall–Kier alpha value is -5.79. The third-order valence-electron chi connectivity index (χ3n) is 10.5. The maximum Gasteiger partial charge on any atom is 0.255 e. The van der Waals surface area contributed by atoms with E-state index in [4.69, 9.17) is 15.2 Å². The molecule has 1 heterocycles. The molecule has 2 amide bonds. The first kappa shape index (κ1) is 42.4. The van der Waals surface area contributed by atoms with Crippen LogP contribution in [0.3, 0.4) is 0 Å². The quantitative estimate of drug-likeness (QED) is 0.101. The Balaban J connectivity index is 0.000000200. The Kier molecular flexibility index (Phi) is 14.8. The molecule has 2 aliphatic rings. The highest BCUT2D eigenvalue weighted by Crippen LogP contribution is 2.41. The van der Waals surface area contributed by atoms with Crippen LogP contribution < -0.4 is 37.3 Å². The van der Waals surface area contributed by atoms with E-state index in [0.717, 1.165) is 37.8 Å². The third-order valence-corrected chi connectivity index (χ3v) is 11.5. The first-order chi connectivity index (χ1) is 27.5. The predicted molar refractivity (Wildman–Crippen MR) is 230 cm³/mol. The van der Waals surface area contributed by atoms with Gasteiger partial charge in [0.15, 0.2) is 10.2 Å². The number of fused-ring (bicyclic) bond motifs is 1. The topological polar surface area (TPSA) is 185 Å². The van der Waals surface area contributed by atoms with Crippen molar-refractivity contribution in [2.75, 3.05) is 33.0 Å². The summed E-state index contributed by atoms with van der Waals surface area (Å²) >= 11 is 5.65. The second-order valence-electron chi connectivity index (χ2n) is 14.1. The van der Waals surface area contributed by atoms with Crippen LogP contribution in [0.15, 0.2) is 109 Å². The fraction of sp³-hybridized carbons (Fsp3) is 0.295. The molecule has 11 nitrogen and oxygen atoms in total. The van der Waals surface area contributed by atoms with E-state index < -0.39 is 0 Å². The first-order valence-electron chi connectivity index (χ1n) is 18.7. The van der Waals surface area contributed by atoms with Crippen molar-refractivity contribution in [2.45, 2.75) is 55.8 Å². The van der Waals surface area contributed by atoms with Gasteiger partial charge in [0.1, 0.15) is 17.3 Å². The average Bonchev–Trinajstić information content (AvgIpc) is 3.62. The highest BCUT2D eigenvalue weighted by molar-refractivity contribution is 7.80. The number of methoxy groups -OCH3 is 2. The molecule has 7 rings (SSSR count). The van der Waals surface area contributed by atoms with Crippen molar-refractivity contribution < 1.29 is 23.9 Å². The molecule has 298 valence electrons. The van der Waals surface area contributed by atoms with Crippen molar-refractivity contribution in [1.82, 2.24) is 15.6 Å². The highest BCUT2D eigenvalue weighted by atomic mass is 32.1. The van der Waals surface area contributed by atoms with E-state index in [2.05, 4.69) is 75.7 Å². The number of nitrogen functional groups attached to an aromatic ring is 1. The van der Waals surface area contributed by atoms with Crippen molar-refractivity contribution in [3.8, 4) is 11.5 Å². The van der Waals surface area contributed by atoms with Gasteiger partial charge in [0.05, 0.1) is 31.0 Å². The van der Waals surface area contributed by atoms with Gasteiger partial charge in [0.25, 0.3) is 11.8 Å². The lowest BCUT2D eigenvalue weighted by Gasteiger charge is -2.37. The van der Waals surface area contributed by atoms with Crippen LogP contribution in [0.25, 0.3) is 0 Å². The number of hydrogen-bond acceptors (Lipinski definition) is 9. The molecule has 5 aromatic rings. The van der Waals surface area contributed by atoms with E-state index in [-0.39, 0.29) is 27.8 Å². The molecule has 1 atom stereocenters. The second-order valence-corrected chi connectivity index (χ2v) is 15.7. The fourth-order valence-corrected chi connectivity index (χ4v) is 8.52. The first-order valence-corrected chi connectivity index (χ1v) is 20.0. The zero-order valence-electron chi connectivity index (χ0n) is 32.3. The van der Waals surface area contributed by atoms with Gasteiger partial charge in [-0.3, -0.25) is 14.4 Å². The van der Waals surface area contributed by atoms with Crippen molar-refractivity contribution in [2.24, 2.45) is 11.5 Å². The maximum absolute atomic E-state index is 12.9. The number of thiocarbonyl (C=S) groups is 1. The maximum atomic E-state index is 12.9. The number of benzene rings is 4. The van der Waals surface area contributed by atoms with Gasteiger partial charge < -0.3 is 37.3 Å². The van der Waals surface area contributed by atoms with Crippen LogP contribution in [0.4, 0.5) is 5.13 Å². The Bertz CT molecular complexity index is 2130. The second kappa shape index (κ2) is 19.9. The summed E-state index contributed by atoms with van der Waals surface area (Å²) in [5, 5.41) is 6.84. The molecule has 1 unspecified atom stereocenters. The number of carbonyl (C=O) groups is 3. The number of ether oxygens (including phenoxy) is 2. The number of nitrogens with two attached hydrogens (primary N) is 3. The van der Waals surface area contributed by atoms with E-state index in [1.165, 1.54) is 16.0 Å². The molecule has 1 fully saturated rings. The summed E-state index contributed by atoms with van der Waals surface area (Å²) in [6.45, 7) is 1.06. The summed E-state index contributed by atoms with van der Waals surface area (Å²) < 4.78 is 10.6. The number of ketones is 1. The highest BCUT2D eigenvalue weighted by Gasteiger charge is 2.39. The monoisotopic (exact) mass is 806 g/mol. The number of anilines is 1. The van der Waals surface area contributed by atoms with Gasteiger partial charge >= 0.3 is 0 Å². The Morgan fingerprint density at radius 3 is 1.61 bits per heavy atom. The molecule has 1 aromatic heterocycles. The number of rotatable bonds is 10. The number of thiazole rings is 1. The molecule has 0 spiro atoms. The normalized spacial score (nSPS) is 16.6. The van der Waals surface area contributed by atoms with Crippen molar-refractivity contribution in [3.63, 3.8) is 0 Å². The van der Waals surface area contributed by atoms with Crippen LogP contribution in [0, 0.1) is 0 Å². The number of nitrogens with zero attached hydrogens (tertiary/aromatic N) is 1. The van der Waals surface area contributed by atoms with Crippen molar-refractivity contribution in [3.05, 3.63) is 142 Å². The SMILES string of the molecule is COc1ccccc1C(=O)NCC1(c2ccccc2)CCC(=O)CC1.COc1ccccc1C(=O)NCC1(c2ccccc2)CCc2nc(N)sc2C1.NC(N)=S. The third kappa shape index (κ3) is 11.0. The zero-order valence-corrected chi connectivity index (χ0v) is 33.9. The largest absolute Gasteiger partial charge is 0.496 e. The van der Waals surface area contributed by atoms with Gasteiger partial charge in [-0.15, -0.1) is 11.3 Å². The van der Waals surface area contributed by atoms with Gasteiger partial charge in [-0.2, -0.15) is 0 Å². The number of aromatic nitrogens is 1. The molecule has 57 heavy (non-hydrogen) atoms. The summed E-state index contributed by atoms with van der Waals surface area (Å²) in [5.41, 5.74) is 19.4. The number of Topliss-reactive ketones (excluding diaryl/α,β-unsaturated/α-hetero) is 1. The molecule has 0 aliphatic heterocycles. The number of hydrogen-bond donors (Lipinski definition) is 5. The lowest BCUT2D eigenvalue weighted by Crippen LogP contribution is -2.44. The van der Waals surface area contributed by atoms with Crippen LogP contribution >= 0.6 is 23.6 Å². The minimum absolute atomic E-state index is 0.000000000000000222. The van der Waals surface area contributed by atoms with Crippen molar-refractivity contribution >= 4 is 51.4 Å². The average molecular weight is 807 g/mol. The van der Waals surface area contributed by atoms with Crippen molar-refractivity contribution in [1.29, 1.82) is 0 Å². The summed E-state index contributed by atoms with van der Waals surface area (Å²) in [6, 6.07) is 35.1. The minimum Gasteiger partial charge on any atom is -0.496 e. The molecular weight excluding hydrogens is 757 g/mol. The van der Waals surface area contributed by atoms with Crippen LogP contribution in [0.1, 0.15) is 74.5 Å². The predicted octanol–water partition coefficient (Wildman–Crippen LogP) is 6.29. The number of aryl methyl sites for hydroxylation is 1. The zero-order chi connectivity index (χ0) is 40.8. The minimum atomic E-state index is -0.188. The van der Waals surface area contributed by atoms with E-state index in [0.29, 0.717) is 59.5 Å². The van der Waals surface area contributed by atoms with Gasteiger partial charge in [0, 0.05) is 41.6 Å². The fourth-order valence-electron chi connectivity index (χ4n) is 7.50. The molecular formula is C44H50N6O5S2. The molecule has 0 bridgehead atoms. The number of nitrogens with one attached hydrogen (secondary N) is 2.